The van der Waals surface area contributed by atoms with E-state index >= 15 is 0 Å². The average molecular weight is 592 g/mol. The molecule has 0 spiro atoms. The topological polar surface area (TPSA) is 113 Å². The maximum Gasteiger partial charge on any atom is 0.416 e. The number of aromatic nitrogens is 2. The molecule has 0 radical (unpaired) electrons. The quantitative estimate of drug-likeness (QED) is 0.393. The zero-order valence-electron chi connectivity index (χ0n) is 21.7. The lowest BCUT2D eigenvalue weighted by molar-refractivity contribution is -0.139. The largest absolute Gasteiger partial charge is 0.416 e. The SMILES string of the molecule is CS(=O)(=O)c1ccc2c(c1)CN(C(=O)CF)[C@H]2C(=O)Nc1cnc(N(Cc2ccc(C(F)(F)F)cc2)C2CC2)nc1. The Morgan fingerprint density at radius 2 is 1.73 bits per heavy atom. The molecule has 9 nitrogen and oxygen atoms in total. The van der Waals surface area contributed by atoms with Crippen LogP contribution < -0.4 is 10.2 Å². The molecule has 0 unspecified atom stereocenters. The van der Waals surface area contributed by atoms with Gasteiger partial charge in [0.2, 0.25) is 5.95 Å². The number of rotatable bonds is 8. The molecule has 41 heavy (non-hydrogen) atoms. The molecule has 2 amide bonds. The number of hydrogen-bond donors (Lipinski definition) is 1. The number of nitrogens with zero attached hydrogens (tertiary/aromatic N) is 4. The number of sulfone groups is 1. The second kappa shape index (κ2) is 10.7. The van der Waals surface area contributed by atoms with Crippen LogP contribution in [0.3, 0.4) is 0 Å². The Balaban J connectivity index is 1.33. The van der Waals surface area contributed by atoms with Crippen molar-refractivity contribution in [3.63, 3.8) is 0 Å². The summed E-state index contributed by atoms with van der Waals surface area (Å²) in [4.78, 5) is 37.2. The van der Waals surface area contributed by atoms with Crippen molar-refractivity contribution in [1.29, 1.82) is 0 Å². The number of carbonyl (C=O) groups excluding carboxylic acids is 2. The van der Waals surface area contributed by atoms with Crippen molar-refractivity contribution in [3.8, 4) is 0 Å². The van der Waals surface area contributed by atoms with Gasteiger partial charge in [-0.05, 0) is 53.8 Å². The number of halogens is 4. The predicted molar refractivity (Wildman–Crippen MR) is 140 cm³/mol. The second-order valence-corrected chi connectivity index (χ2v) is 12.0. The Morgan fingerprint density at radius 1 is 1.07 bits per heavy atom. The van der Waals surface area contributed by atoms with Gasteiger partial charge in [-0.15, -0.1) is 0 Å². The molecule has 2 aliphatic rings. The standard InChI is InChI=1S/C27H25F4N5O4S/c1-41(39,40)21-8-9-22-17(10-21)15-36(23(37)11-28)24(22)25(38)34-19-12-32-26(33-13-19)35(20-6-7-20)14-16-2-4-18(5-3-16)27(29,30)31/h2-5,8-10,12-13,20,24H,6-7,11,14-15H2,1H3,(H,34,38)/t24-/m1/s1. The first-order chi connectivity index (χ1) is 19.3. The fourth-order valence-corrected chi connectivity index (χ4v) is 5.41. The van der Waals surface area contributed by atoms with E-state index in [1.807, 2.05) is 4.90 Å². The maximum atomic E-state index is 13.3. The summed E-state index contributed by atoms with van der Waals surface area (Å²) < 4.78 is 75.9. The molecular weight excluding hydrogens is 566 g/mol. The molecule has 1 aromatic heterocycles. The highest BCUT2D eigenvalue weighted by atomic mass is 32.2. The van der Waals surface area contributed by atoms with Crippen LogP contribution in [0.5, 0.6) is 0 Å². The normalized spacial score (nSPS) is 16.8. The molecule has 5 rings (SSSR count). The van der Waals surface area contributed by atoms with Gasteiger partial charge in [-0.3, -0.25) is 9.59 Å². The molecule has 1 atom stereocenters. The monoisotopic (exact) mass is 591 g/mol. The van der Waals surface area contributed by atoms with Crippen LogP contribution in [0.15, 0.2) is 59.8 Å². The molecule has 2 heterocycles. The summed E-state index contributed by atoms with van der Waals surface area (Å²) >= 11 is 0. The number of carbonyl (C=O) groups is 2. The number of amides is 2. The smallest absolute Gasteiger partial charge is 0.334 e. The highest BCUT2D eigenvalue weighted by Gasteiger charge is 2.39. The molecule has 2 aromatic carbocycles. The fourth-order valence-electron chi connectivity index (χ4n) is 4.74. The third-order valence-corrected chi connectivity index (χ3v) is 8.07. The van der Waals surface area contributed by atoms with Gasteiger partial charge in [-0.2, -0.15) is 13.2 Å². The highest BCUT2D eigenvalue weighted by Crippen LogP contribution is 2.37. The molecule has 14 heteroatoms. The van der Waals surface area contributed by atoms with Crippen LogP contribution in [0.25, 0.3) is 0 Å². The molecule has 1 aliphatic heterocycles. The molecule has 1 N–H and O–H groups in total. The Bertz CT molecular complexity index is 1580. The van der Waals surface area contributed by atoms with Crippen LogP contribution in [-0.2, 0) is 38.7 Å². The number of fused-ring (bicyclic) bond motifs is 1. The van der Waals surface area contributed by atoms with Gasteiger partial charge in [0.1, 0.15) is 6.04 Å². The lowest BCUT2D eigenvalue weighted by Crippen LogP contribution is -2.37. The van der Waals surface area contributed by atoms with Crippen LogP contribution in [-0.4, -0.2) is 54.1 Å². The fraction of sp³-hybridized carbons (Fsp3) is 0.333. The minimum atomic E-state index is -4.42. The van der Waals surface area contributed by atoms with Crippen LogP contribution in [0, 0.1) is 0 Å². The van der Waals surface area contributed by atoms with E-state index in [4.69, 9.17) is 0 Å². The van der Waals surface area contributed by atoms with E-state index in [0.717, 1.165) is 36.1 Å². The highest BCUT2D eigenvalue weighted by molar-refractivity contribution is 7.90. The van der Waals surface area contributed by atoms with Crippen LogP contribution in [0.4, 0.5) is 29.2 Å². The number of benzene rings is 2. The molecule has 1 saturated carbocycles. The van der Waals surface area contributed by atoms with Gasteiger partial charge < -0.3 is 15.1 Å². The molecule has 216 valence electrons. The van der Waals surface area contributed by atoms with E-state index in [9.17, 15) is 35.6 Å². The van der Waals surface area contributed by atoms with E-state index in [1.54, 1.807) is 0 Å². The third-order valence-electron chi connectivity index (χ3n) is 6.96. The van der Waals surface area contributed by atoms with E-state index in [-0.39, 0.29) is 23.2 Å². The summed E-state index contributed by atoms with van der Waals surface area (Å²) in [6.45, 7) is -1.16. The van der Waals surface area contributed by atoms with Crippen molar-refractivity contribution < 1.29 is 35.6 Å². The Labute approximate surface area is 233 Å². The first-order valence-corrected chi connectivity index (χ1v) is 14.5. The summed E-state index contributed by atoms with van der Waals surface area (Å²) in [6, 6.07) is 7.96. The van der Waals surface area contributed by atoms with Crippen LogP contribution in [0.2, 0.25) is 0 Å². The van der Waals surface area contributed by atoms with E-state index in [0.29, 0.717) is 29.2 Å². The summed E-state index contributed by atoms with van der Waals surface area (Å²) in [5.41, 5.74) is 0.930. The second-order valence-electron chi connectivity index (χ2n) is 10.0. The van der Waals surface area contributed by atoms with E-state index in [1.165, 1.54) is 42.7 Å². The van der Waals surface area contributed by atoms with Gasteiger partial charge in [-0.1, -0.05) is 18.2 Å². The van der Waals surface area contributed by atoms with Gasteiger partial charge >= 0.3 is 6.18 Å². The average Bonchev–Trinajstić information content (AvgIpc) is 3.69. The predicted octanol–water partition coefficient (Wildman–Crippen LogP) is 4.06. The molecule has 1 fully saturated rings. The first-order valence-electron chi connectivity index (χ1n) is 12.6. The minimum absolute atomic E-state index is 0.0189. The number of alkyl halides is 4. The first kappa shape index (κ1) is 28.5. The lowest BCUT2D eigenvalue weighted by Gasteiger charge is -2.24. The van der Waals surface area contributed by atoms with Crippen molar-refractivity contribution in [2.75, 3.05) is 23.1 Å². The maximum absolute atomic E-state index is 13.3. The van der Waals surface area contributed by atoms with Gasteiger partial charge in [0.05, 0.1) is 28.5 Å². The number of anilines is 2. The molecule has 0 saturated heterocycles. The van der Waals surface area contributed by atoms with Gasteiger partial charge in [0, 0.05) is 25.4 Å². The Kier molecular flexibility index (Phi) is 7.45. The number of hydrogen-bond acceptors (Lipinski definition) is 7. The van der Waals surface area contributed by atoms with Crippen LogP contribution >= 0.6 is 0 Å². The van der Waals surface area contributed by atoms with Crippen molar-refractivity contribution in [1.82, 2.24) is 14.9 Å². The van der Waals surface area contributed by atoms with Gasteiger partial charge in [0.15, 0.2) is 16.5 Å². The third kappa shape index (κ3) is 6.16. The molecular formula is C27H25F4N5O4S. The zero-order valence-corrected chi connectivity index (χ0v) is 22.5. The summed E-state index contributed by atoms with van der Waals surface area (Å²) in [5, 5.41) is 2.64. The van der Waals surface area contributed by atoms with Crippen LogP contribution in [0.1, 0.15) is 41.1 Å². The molecule has 0 bridgehead atoms. The van der Waals surface area contributed by atoms with E-state index < -0.39 is 46.1 Å². The Morgan fingerprint density at radius 3 is 2.29 bits per heavy atom. The van der Waals surface area contributed by atoms with Crippen molar-refractivity contribution >= 4 is 33.3 Å². The minimum Gasteiger partial charge on any atom is -0.334 e. The molecule has 3 aromatic rings. The zero-order chi connectivity index (χ0) is 29.5. The summed E-state index contributed by atoms with van der Waals surface area (Å²) in [6.07, 6.45) is 1.11. The van der Waals surface area contributed by atoms with Gasteiger partial charge in [-0.25, -0.2) is 22.8 Å². The molecule has 1 aliphatic carbocycles. The Hall–Kier alpha value is -4.07. The lowest BCUT2D eigenvalue weighted by atomic mass is 10.0. The summed E-state index contributed by atoms with van der Waals surface area (Å²) in [7, 11) is -3.54. The summed E-state index contributed by atoms with van der Waals surface area (Å²) in [5.74, 6) is -1.24. The van der Waals surface area contributed by atoms with E-state index in [2.05, 4.69) is 15.3 Å². The van der Waals surface area contributed by atoms with Crippen molar-refractivity contribution in [2.24, 2.45) is 0 Å². The van der Waals surface area contributed by atoms with Gasteiger partial charge in [0.25, 0.3) is 11.8 Å². The van der Waals surface area contributed by atoms with Crippen molar-refractivity contribution in [2.45, 2.75) is 49.1 Å². The number of nitrogens with one attached hydrogen (secondary N) is 1. The van der Waals surface area contributed by atoms with Crippen molar-refractivity contribution in [3.05, 3.63) is 77.1 Å².